The summed E-state index contributed by atoms with van der Waals surface area (Å²) in [5, 5.41) is 2.91. The van der Waals surface area contributed by atoms with Crippen molar-refractivity contribution in [2.75, 3.05) is 38.1 Å². The lowest BCUT2D eigenvalue weighted by Gasteiger charge is -2.34. The average Bonchev–Trinajstić information content (AvgIpc) is 2.76. The van der Waals surface area contributed by atoms with Gasteiger partial charge in [0.25, 0.3) is 0 Å². The fourth-order valence-corrected chi connectivity index (χ4v) is 3.33. The quantitative estimate of drug-likeness (QED) is 0.683. The highest BCUT2D eigenvalue weighted by Crippen LogP contribution is 2.14. The van der Waals surface area contributed by atoms with Gasteiger partial charge in [0.15, 0.2) is 0 Å². The summed E-state index contributed by atoms with van der Waals surface area (Å²) < 4.78 is 5.61. The van der Waals surface area contributed by atoms with Crippen LogP contribution >= 0.6 is 0 Å². The zero-order valence-electron chi connectivity index (χ0n) is 17.5. The highest BCUT2D eigenvalue weighted by Gasteiger charge is 2.19. The Hall–Kier alpha value is -3.12. The average molecular weight is 408 g/mol. The van der Waals surface area contributed by atoms with Crippen molar-refractivity contribution >= 4 is 17.5 Å². The summed E-state index contributed by atoms with van der Waals surface area (Å²) in [7, 11) is 0. The number of anilines is 1. The van der Waals surface area contributed by atoms with Crippen LogP contribution in [0.15, 0.2) is 61.2 Å². The Morgan fingerprint density at radius 2 is 1.70 bits per heavy atom. The molecule has 30 heavy (non-hydrogen) atoms. The fraction of sp³-hybridized carbons (Fsp3) is 0.333. The normalized spacial score (nSPS) is 14.2. The summed E-state index contributed by atoms with van der Waals surface area (Å²) in [6.07, 6.45) is 1.67. The highest BCUT2D eigenvalue weighted by molar-refractivity contribution is 5.90. The van der Waals surface area contributed by atoms with E-state index >= 15 is 0 Å². The van der Waals surface area contributed by atoms with Gasteiger partial charge in [-0.25, -0.2) is 0 Å². The molecule has 1 N–H and O–H groups in total. The molecule has 3 rings (SSSR count). The lowest BCUT2D eigenvalue weighted by molar-refractivity contribution is -0.127. The topological polar surface area (TPSA) is 61.9 Å². The number of aryl methyl sites for hydroxylation is 1. The number of hydrogen-bond acceptors (Lipinski definition) is 4. The Balaban J connectivity index is 1.38. The van der Waals surface area contributed by atoms with Gasteiger partial charge in [0.1, 0.15) is 5.75 Å². The molecule has 6 nitrogen and oxygen atoms in total. The SMILES string of the molecule is C=CC(=O)N1CCN(Cc2ccc(NC(=O)CCOc3ccc(C)cc3)cc2)CC1. The second kappa shape index (κ2) is 10.6. The number of hydrogen-bond donors (Lipinski definition) is 1. The van der Waals surface area contributed by atoms with Gasteiger partial charge in [0, 0.05) is 38.4 Å². The van der Waals surface area contributed by atoms with Crippen molar-refractivity contribution in [3.8, 4) is 5.75 Å². The number of carbonyl (C=O) groups is 2. The van der Waals surface area contributed by atoms with Crippen LogP contribution in [0.25, 0.3) is 0 Å². The van der Waals surface area contributed by atoms with Gasteiger partial charge in [-0.3, -0.25) is 14.5 Å². The highest BCUT2D eigenvalue weighted by atomic mass is 16.5. The molecule has 1 aliphatic rings. The molecule has 1 aliphatic heterocycles. The van der Waals surface area contributed by atoms with E-state index in [0.717, 1.165) is 44.2 Å². The van der Waals surface area contributed by atoms with E-state index in [0.29, 0.717) is 13.0 Å². The summed E-state index contributed by atoms with van der Waals surface area (Å²) in [5.41, 5.74) is 3.13. The Morgan fingerprint density at radius 1 is 1.03 bits per heavy atom. The molecule has 1 heterocycles. The maximum absolute atomic E-state index is 12.1. The molecule has 0 bridgehead atoms. The number of amides is 2. The van der Waals surface area contributed by atoms with Crippen molar-refractivity contribution in [2.24, 2.45) is 0 Å². The molecule has 1 saturated heterocycles. The largest absolute Gasteiger partial charge is 0.493 e. The van der Waals surface area contributed by atoms with Crippen molar-refractivity contribution in [2.45, 2.75) is 19.9 Å². The molecule has 0 unspecified atom stereocenters. The molecular weight excluding hydrogens is 378 g/mol. The lowest BCUT2D eigenvalue weighted by atomic mass is 10.1. The van der Waals surface area contributed by atoms with Crippen LogP contribution in [0.4, 0.5) is 5.69 Å². The molecule has 2 amide bonds. The van der Waals surface area contributed by atoms with E-state index in [1.54, 1.807) is 0 Å². The fourth-order valence-electron chi connectivity index (χ4n) is 3.33. The molecule has 158 valence electrons. The molecule has 2 aromatic carbocycles. The maximum Gasteiger partial charge on any atom is 0.246 e. The van der Waals surface area contributed by atoms with Crippen LogP contribution in [0.1, 0.15) is 17.5 Å². The second-order valence-electron chi connectivity index (χ2n) is 7.46. The van der Waals surface area contributed by atoms with Crippen LogP contribution in [-0.4, -0.2) is 54.4 Å². The minimum atomic E-state index is -0.0714. The van der Waals surface area contributed by atoms with Crippen LogP contribution in [0.3, 0.4) is 0 Å². The zero-order chi connectivity index (χ0) is 21.3. The number of carbonyl (C=O) groups excluding carboxylic acids is 2. The molecule has 0 spiro atoms. The van der Waals surface area contributed by atoms with E-state index in [4.69, 9.17) is 4.74 Å². The van der Waals surface area contributed by atoms with Crippen molar-refractivity contribution in [3.63, 3.8) is 0 Å². The molecule has 6 heteroatoms. The molecule has 0 aromatic heterocycles. The number of piperazine rings is 1. The van der Waals surface area contributed by atoms with E-state index < -0.39 is 0 Å². The first-order valence-corrected chi connectivity index (χ1v) is 10.3. The Bertz CT molecular complexity index is 854. The molecule has 0 aliphatic carbocycles. The third kappa shape index (κ3) is 6.46. The van der Waals surface area contributed by atoms with Crippen LogP contribution in [0.5, 0.6) is 5.75 Å². The Kier molecular flexibility index (Phi) is 7.63. The van der Waals surface area contributed by atoms with Crippen molar-refractivity contribution < 1.29 is 14.3 Å². The molecule has 0 atom stereocenters. The van der Waals surface area contributed by atoms with Crippen LogP contribution < -0.4 is 10.1 Å². The van der Waals surface area contributed by atoms with E-state index in [1.807, 2.05) is 60.4 Å². The van der Waals surface area contributed by atoms with Crippen molar-refractivity contribution in [1.82, 2.24) is 9.80 Å². The van der Waals surface area contributed by atoms with Crippen LogP contribution in [-0.2, 0) is 16.1 Å². The van der Waals surface area contributed by atoms with Gasteiger partial charge in [-0.1, -0.05) is 36.4 Å². The molecular formula is C24H29N3O3. The molecule has 0 radical (unpaired) electrons. The van der Waals surface area contributed by atoms with E-state index in [-0.39, 0.29) is 11.8 Å². The molecule has 1 fully saturated rings. The van der Waals surface area contributed by atoms with Gasteiger partial charge in [-0.05, 0) is 42.8 Å². The van der Waals surface area contributed by atoms with Crippen molar-refractivity contribution in [1.29, 1.82) is 0 Å². The minimum absolute atomic E-state index is 0.000917. The monoisotopic (exact) mass is 407 g/mol. The summed E-state index contributed by atoms with van der Waals surface area (Å²) in [6, 6.07) is 15.7. The van der Waals surface area contributed by atoms with Crippen LogP contribution in [0.2, 0.25) is 0 Å². The predicted molar refractivity (Wildman–Crippen MR) is 118 cm³/mol. The smallest absolute Gasteiger partial charge is 0.246 e. The maximum atomic E-state index is 12.1. The number of nitrogens with zero attached hydrogens (tertiary/aromatic N) is 2. The van der Waals surface area contributed by atoms with Gasteiger partial charge in [-0.2, -0.15) is 0 Å². The summed E-state index contributed by atoms with van der Waals surface area (Å²) in [6.45, 7) is 9.88. The first-order valence-electron chi connectivity index (χ1n) is 10.3. The standard InChI is InChI=1S/C24H29N3O3/c1-3-24(29)27-15-13-26(14-16-27)18-20-6-8-21(9-7-20)25-23(28)12-17-30-22-10-4-19(2)5-11-22/h3-11H,1,12-18H2,2H3,(H,25,28). The number of rotatable bonds is 8. The summed E-state index contributed by atoms with van der Waals surface area (Å²) in [5.74, 6) is 0.698. The van der Waals surface area contributed by atoms with E-state index in [9.17, 15) is 9.59 Å². The van der Waals surface area contributed by atoms with Gasteiger partial charge in [0.2, 0.25) is 11.8 Å². The third-order valence-corrected chi connectivity index (χ3v) is 5.12. The number of nitrogens with one attached hydrogen (secondary N) is 1. The van der Waals surface area contributed by atoms with Gasteiger partial charge in [0.05, 0.1) is 13.0 Å². The summed E-state index contributed by atoms with van der Waals surface area (Å²) in [4.78, 5) is 27.9. The minimum Gasteiger partial charge on any atom is -0.493 e. The Morgan fingerprint density at radius 3 is 2.33 bits per heavy atom. The van der Waals surface area contributed by atoms with Gasteiger partial charge < -0.3 is 15.0 Å². The first-order chi connectivity index (χ1) is 14.5. The van der Waals surface area contributed by atoms with Crippen LogP contribution in [0, 0.1) is 6.92 Å². The zero-order valence-corrected chi connectivity index (χ0v) is 17.5. The van der Waals surface area contributed by atoms with E-state index in [1.165, 1.54) is 17.2 Å². The van der Waals surface area contributed by atoms with Gasteiger partial charge >= 0.3 is 0 Å². The lowest BCUT2D eigenvalue weighted by Crippen LogP contribution is -2.47. The molecule has 0 saturated carbocycles. The first kappa shape index (κ1) is 21.6. The second-order valence-corrected chi connectivity index (χ2v) is 7.46. The van der Waals surface area contributed by atoms with Crippen molar-refractivity contribution in [3.05, 3.63) is 72.3 Å². The van der Waals surface area contributed by atoms with E-state index in [2.05, 4.69) is 16.8 Å². The third-order valence-electron chi connectivity index (χ3n) is 5.12. The predicted octanol–water partition coefficient (Wildman–Crippen LogP) is 3.23. The number of ether oxygens (including phenoxy) is 1. The number of benzene rings is 2. The molecule has 2 aromatic rings. The van der Waals surface area contributed by atoms with Gasteiger partial charge in [-0.15, -0.1) is 0 Å². The Labute approximate surface area is 178 Å². The summed E-state index contributed by atoms with van der Waals surface area (Å²) >= 11 is 0.